The predicted octanol–water partition coefficient (Wildman–Crippen LogP) is 3.26. The molecule has 1 aliphatic rings. The predicted molar refractivity (Wildman–Crippen MR) is 107 cm³/mol. The highest BCUT2D eigenvalue weighted by Gasteiger charge is 2.35. The highest BCUT2D eigenvalue weighted by atomic mass is 32.1. The average molecular weight is 367 g/mol. The Labute approximate surface area is 158 Å². The lowest BCUT2D eigenvalue weighted by atomic mass is 10.1. The number of carbonyl (C=O) groups excluding carboxylic acids is 2. The Balaban J connectivity index is 2.08. The van der Waals surface area contributed by atoms with Crippen molar-refractivity contribution < 1.29 is 9.59 Å². The van der Waals surface area contributed by atoms with E-state index in [0.717, 1.165) is 29.1 Å². The first kappa shape index (κ1) is 18.1. The van der Waals surface area contributed by atoms with Crippen LogP contribution in [0.5, 0.6) is 0 Å². The third kappa shape index (κ3) is 2.97. The van der Waals surface area contributed by atoms with Crippen LogP contribution < -0.4 is 10.2 Å². The zero-order valence-electron chi connectivity index (χ0n) is 15.3. The maximum absolute atomic E-state index is 13.1. The minimum absolute atomic E-state index is 0.0817. The summed E-state index contributed by atoms with van der Waals surface area (Å²) in [4.78, 5) is 26.9. The highest BCUT2D eigenvalue weighted by Crippen LogP contribution is 2.26. The summed E-state index contributed by atoms with van der Waals surface area (Å²) >= 11 is 5.25. The van der Waals surface area contributed by atoms with Crippen LogP contribution in [0.2, 0.25) is 0 Å². The van der Waals surface area contributed by atoms with Crippen molar-refractivity contribution in [3.63, 3.8) is 0 Å². The molecule has 3 rings (SSSR count). The van der Waals surface area contributed by atoms with Gasteiger partial charge in [-0.1, -0.05) is 18.2 Å². The van der Waals surface area contributed by atoms with Gasteiger partial charge >= 0.3 is 0 Å². The Bertz CT molecular complexity index is 956. The minimum atomic E-state index is -0.467. The Morgan fingerprint density at radius 3 is 2.46 bits per heavy atom. The van der Waals surface area contributed by atoms with Gasteiger partial charge in [-0.25, -0.2) is 0 Å². The van der Waals surface area contributed by atoms with Gasteiger partial charge in [-0.05, 0) is 69.2 Å². The van der Waals surface area contributed by atoms with E-state index in [1.807, 2.05) is 51.1 Å². The lowest BCUT2D eigenvalue weighted by Gasteiger charge is -2.30. The lowest BCUT2D eigenvalue weighted by molar-refractivity contribution is -0.122. The number of thiocarbonyl (C=S) groups is 1. The summed E-state index contributed by atoms with van der Waals surface area (Å²) in [5, 5.41) is 2.74. The summed E-state index contributed by atoms with van der Waals surface area (Å²) in [5.74, 6) is -0.875. The van der Waals surface area contributed by atoms with Gasteiger partial charge in [0.1, 0.15) is 5.57 Å². The third-order valence-corrected chi connectivity index (χ3v) is 4.97. The van der Waals surface area contributed by atoms with Gasteiger partial charge in [0.25, 0.3) is 11.8 Å². The van der Waals surface area contributed by atoms with Crippen molar-refractivity contribution in [3.05, 3.63) is 58.4 Å². The summed E-state index contributed by atoms with van der Waals surface area (Å²) in [6.45, 7) is 8.79. The molecular formula is C20H21N3O2S. The fourth-order valence-corrected chi connectivity index (χ4v) is 3.58. The van der Waals surface area contributed by atoms with Crippen molar-refractivity contribution in [3.8, 4) is 0 Å². The van der Waals surface area contributed by atoms with E-state index < -0.39 is 11.8 Å². The second kappa shape index (κ2) is 6.88. The van der Waals surface area contributed by atoms with Gasteiger partial charge in [-0.3, -0.25) is 19.8 Å². The quantitative estimate of drug-likeness (QED) is 0.515. The normalized spacial score (nSPS) is 16.4. The fraction of sp³-hybridized carbons (Fsp3) is 0.250. The number of hydrogen-bond donors (Lipinski definition) is 1. The molecule has 6 heteroatoms. The van der Waals surface area contributed by atoms with Crippen molar-refractivity contribution >= 4 is 40.9 Å². The van der Waals surface area contributed by atoms with Crippen LogP contribution in [0.15, 0.2) is 35.9 Å². The standard InChI is InChI=1S/C20H21N3O2S/c1-5-22-13(3)10-15(14(22)4)11-16-18(24)21-20(26)23(19(16)25)17-9-7-6-8-12(17)2/h6-11H,5H2,1-4H3,(H,21,24,26). The zero-order valence-corrected chi connectivity index (χ0v) is 16.1. The van der Waals surface area contributed by atoms with E-state index in [2.05, 4.69) is 16.8 Å². The molecule has 1 saturated heterocycles. The number of para-hydroxylation sites is 1. The number of aryl methyl sites for hydroxylation is 2. The average Bonchev–Trinajstić information content (AvgIpc) is 2.86. The molecular weight excluding hydrogens is 346 g/mol. The van der Waals surface area contributed by atoms with Gasteiger partial charge in [0, 0.05) is 17.9 Å². The molecule has 26 heavy (non-hydrogen) atoms. The van der Waals surface area contributed by atoms with Gasteiger partial charge in [-0.15, -0.1) is 0 Å². The number of amides is 2. The number of hydrogen-bond acceptors (Lipinski definition) is 3. The van der Waals surface area contributed by atoms with Crippen molar-refractivity contribution in [1.82, 2.24) is 9.88 Å². The summed E-state index contributed by atoms with van der Waals surface area (Å²) in [5.41, 5.74) is 4.63. The van der Waals surface area contributed by atoms with Crippen LogP contribution in [0, 0.1) is 20.8 Å². The molecule has 0 spiro atoms. The van der Waals surface area contributed by atoms with Crippen molar-refractivity contribution in [2.45, 2.75) is 34.2 Å². The first-order chi connectivity index (χ1) is 12.3. The van der Waals surface area contributed by atoms with Crippen LogP contribution in [0.4, 0.5) is 5.69 Å². The number of benzene rings is 1. The molecule has 1 aromatic heterocycles. The third-order valence-electron chi connectivity index (χ3n) is 4.69. The largest absolute Gasteiger partial charge is 0.349 e. The zero-order chi connectivity index (χ0) is 19.0. The number of rotatable bonds is 3. The molecule has 0 unspecified atom stereocenters. The monoisotopic (exact) mass is 367 g/mol. The molecule has 1 N–H and O–H groups in total. The van der Waals surface area contributed by atoms with Gasteiger partial charge in [0.15, 0.2) is 5.11 Å². The van der Waals surface area contributed by atoms with E-state index in [4.69, 9.17) is 12.2 Å². The lowest BCUT2D eigenvalue weighted by Crippen LogP contribution is -2.54. The summed E-state index contributed by atoms with van der Waals surface area (Å²) in [6.07, 6.45) is 1.65. The Morgan fingerprint density at radius 2 is 1.85 bits per heavy atom. The van der Waals surface area contributed by atoms with Crippen LogP contribution in [-0.2, 0) is 16.1 Å². The van der Waals surface area contributed by atoms with E-state index in [9.17, 15) is 9.59 Å². The van der Waals surface area contributed by atoms with E-state index in [1.165, 1.54) is 4.90 Å². The molecule has 0 bridgehead atoms. The molecule has 1 aliphatic heterocycles. The maximum Gasteiger partial charge on any atom is 0.270 e. The van der Waals surface area contributed by atoms with E-state index in [-0.39, 0.29) is 10.7 Å². The molecule has 134 valence electrons. The van der Waals surface area contributed by atoms with Gasteiger partial charge in [0.2, 0.25) is 0 Å². The Kier molecular flexibility index (Phi) is 4.78. The van der Waals surface area contributed by atoms with Crippen molar-refractivity contribution in [2.24, 2.45) is 0 Å². The van der Waals surface area contributed by atoms with Crippen molar-refractivity contribution in [2.75, 3.05) is 4.90 Å². The number of aromatic nitrogens is 1. The molecule has 2 heterocycles. The van der Waals surface area contributed by atoms with Gasteiger partial charge < -0.3 is 4.57 Å². The summed E-state index contributed by atoms with van der Waals surface area (Å²) in [6, 6.07) is 9.44. The van der Waals surface area contributed by atoms with Crippen LogP contribution in [-0.4, -0.2) is 21.5 Å². The molecule has 2 amide bonds. The van der Waals surface area contributed by atoms with Crippen LogP contribution in [0.1, 0.15) is 29.4 Å². The molecule has 1 aromatic carbocycles. The molecule has 0 radical (unpaired) electrons. The maximum atomic E-state index is 13.1. The fourth-order valence-electron chi connectivity index (χ4n) is 3.31. The Hall–Kier alpha value is -2.73. The molecule has 1 fully saturated rings. The smallest absolute Gasteiger partial charge is 0.270 e. The summed E-state index contributed by atoms with van der Waals surface area (Å²) in [7, 11) is 0. The van der Waals surface area contributed by atoms with Gasteiger partial charge in [0.05, 0.1) is 5.69 Å². The first-order valence-electron chi connectivity index (χ1n) is 8.49. The van der Waals surface area contributed by atoms with Crippen molar-refractivity contribution in [1.29, 1.82) is 0 Å². The van der Waals surface area contributed by atoms with E-state index >= 15 is 0 Å². The number of anilines is 1. The van der Waals surface area contributed by atoms with Crippen LogP contribution >= 0.6 is 12.2 Å². The first-order valence-corrected chi connectivity index (χ1v) is 8.89. The second-order valence-corrected chi connectivity index (χ2v) is 6.70. The van der Waals surface area contributed by atoms with E-state index in [0.29, 0.717) is 5.69 Å². The molecule has 0 aliphatic carbocycles. The molecule has 0 atom stereocenters. The highest BCUT2D eigenvalue weighted by molar-refractivity contribution is 7.80. The molecule has 5 nitrogen and oxygen atoms in total. The topological polar surface area (TPSA) is 54.3 Å². The second-order valence-electron chi connectivity index (χ2n) is 6.32. The van der Waals surface area contributed by atoms with E-state index in [1.54, 1.807) is 6.08 Å². The van der Waals surface area contributed by atoms with Gasteiger partial charge in [-0.2, -0.15) is 0 Å². The summed E-state index contributed by atoms with van der Waals surface area (Å²) < 4.78 is 2.14. The van der Waals surface area contributed by atoms with Crippen LogP contribution in [0.25, 0.3) is 6.08 Å². The Morgan fingerprint density at radius 1 is 1.15 bits per heavy atom. The number of nitrogens with one attached hydrogen (secondary N) is 1. The molecule has 0 saturated carbocycles. The number of nitrogens with zero attached hydrogens (tertiary/aromatic N) is 2. The number of carbonyl (C=O) groups is 2. The molecule has 2 aromatic rings. The SMILES string of the molecule is CCn1c(C)cc(C=C2C(=O)NC(=S)N(c3ccccc3C)C2=O)c1C. The minimum Gasteiger partial charge on any atom is -0.349 e. The van der Waals surface area contributed by atoms with Crippen LogP contribution in [0.3, 0.4) is 0 Å².